The van der Waals surface area contributed by atoms with E-state index in [9.17, 15) is 4.79 Å². The van der Waals surface area contributed by atoms with Gasteiger partial charge in [0, 0.05) is 28.1 Å². The van der Waals surface area contributed by atoms with Gasteiger partial charge in [-0.15, -0.1) is 11.3 Å². The minimum atomic E-state index is -0.169. The SMILES string of the molecule is COc1ccc(NC(=O)c2ccccc2CSc2nc(C)cs2)cc1Cl. The van der Waals surface area contributed by atoms with E-state index in [1.807, 2.05) is 36.6 Å². The number of benzene rings is 2. The molecule has 1 heterocycles. The summed E-state index contributed by atoms with van der Waals surface area (Å²) in [6.07, 6.45) is 0. The summed E-state index contributed by atoms with van der Waals surface area (Å²) in [5, 5.41) is 5.37. The van der Waals surface area contributed by atoms with Crippen LogP contribution in [-0.4, -0.2) is 18.0 Å². The summed E-state index contributed by atoms with van der Waals surface area (Å²) in [4.78, 5) is 17.2. The van der Waals surface area contributed by atoms with Crippen LogP contribution in [0.3, 0.4) is 0 Å². The molecule has 0 saturated heterocycles. The first kappa shape index (κ1) is 18.8. The number of thioether (sulfide) groups is 1. The van der Waals surface area contributed by atoms with E-state index in [4.69, 9.17) is 16.3 Å². The van der Waals surface area contributed by atoms with Crippen molar-refractivity contribution in [2.24, 2.45) is 0 Å². The number of anilines is 1. The quantitative estimate of drug-likeness (QED) is 0.538. The monoisotopic (exact) mass is 404 g/mol. The highest BCUT2D eigenvalue weighted by Gasteiger charge is 2.13. The molecule has 1 N–H and O–H groups in total. The minimum absolute atomic E-state index is 0.169. The Morgan fingerprint density at radius 2 is 2.12 bits per heavy atom. The Hall–Kier alpha value is -2.02. The number of methoxy groups -OCH3 is 1. The second kappa shape index (κ2) is 8.58. The third-order valence-corrected chi connectivity index (χ3v) is 6.10. The Bertz CT molecular complexity index is 927. The lowest BCUT2D eigenvalue weighted by Crippen LogP contribution is -2.14. The zero-order valence-corrected chi connectivity index (χ0v) is 16.7. The van der Waals surface area contributed by atoms with Gasteiger partial charge in [0.15, 0.2) is 0 Å². The van der Waals surface area contributed by atoms with Crippen LogP contribution < -0.4 is 10.1 Å². The van der Waals surface area contributed by atoms with Gasteiger partial charge in [-0.1, -0.05) is 41.6 Å². The summed E-state index contributed by atoms with van der Waals surface area (Å²) in [6, 6.07) is 12.7. The number of amides is 1. The van der Waals surface area contributed by atoms with Crippen molar-refractivity contribution in [3.05, 3.63) is 69.7 Å². The highest BCUT2D eigenvalue weighted by molar-refractivity contribution is 8.00. The first-order valence-electron chi connectivity index (χ1n) is 7.84. The van der Waals surface area contributed by atoms with Gasteiger partial charge in [-0.3, -0.25) is 4.79 Å². The molecule has 0 bridgehead atoms. The standard InChI is InChI=1S/C19H17ClN2O2S2/c1-12-10-25-19(21-12)26-11-13-5-3-4-6-15(13)18(23)22-14-7-8-17(24-2)16(20)9-14/h3-10H,11H2,1-2H3,(H,22,23). The number of rotatable bonds is 6. The van der Waals surface area contributed by atoms with Crippen molar-refractivity contribution in [2.45, 2.75) is 17.0 Å². The second-order valence-corrected chi connectivity index (χ2v) is 7.99. The lowest BCUT2D eigenvalue weighted by Gasteiger charge is -2.11. The first-order chi connectivity index (χ1) is 12.6. The average molecular weight is 405 g/mol. The van der Waals surface area contributed by atoms with Crippen molar-refractivity contribution < 1.29 is 9.53 Å². The fraction of sp³-hybridized carbons (Fsp3) is 0.158. The zero-order chi connectivity index (χ0) is 18.5. The van der Waals surface area contributed by atoms with Crippen LogP contribution in [-0.2, 0) is 5.75 Å². The molecule has 3 rings (SSSR count). The van der Waals surface area contributed by atoms with Crippen LogP contribution >= 0.6 is 34.7 Å². The second-order valence-electron chi connectivity index (χ2n) is 5.50. The number of halogens is 1. The van der Waals surface area contributed by atoms with Gasteiger partial charge < -0.3 is 10.1 Å². The van der Waals surface area contributed by atoms with Crippen LogP contribution in [0.4, 0.5) is 5.69 Å². The maximum atomic E-state index is 12.7. The summed E-state index contributed by atoms with van der Waals surface area (Å²) in [5.74, 6) is 1.08. The summed E-state index contributed by atoms with van der Waals surface area (Å²) in [7, 11) is 1.55. The van der Waals surface area contributed by atoms with Gasteiger partial charge in [0.25, 0.3) is 5.91 Å². The zero-order valence-electron chi connectivity index (χ0n) is 14.3. The molecule has 0 aliphatic heterocycles. The predicted molar refractivity (Wildman–Crippen MR) is 109 cm³/mol. The largest absolute Gasteiger partial charge is 0.495 e. The van der Waals surface area contributed by atoms with Gasteiger partial charge in [0.1, 0.15) is 10.1 Å². The maximum Gasteiger partial charge on any atom is 0.255 e. The number of thiazole rings is 1. The number of aryl methyl sites for hydroxylation is 1. The van der Waals surface area contributed by atoms with Crippen LogP contribution in [0.5, 0.6) is 5.75 Å². The molecule has 0 spiro atoms. The Morgan fingerprint density at radius 3 is 2.81 bits per heavy atom. The smallest absolute Gasteiger partial charge is 0.255 e. The summed E-state index contributed by atoms with van der Waals surface area (Å²) >= 11 is 9.37. The van der Waals surface area contributed by atoms with Gasteiger partial charge in [-0.05, 0) is 36.8 Å². The lowest BCUT2D eigenvalue weighted by atomic mass is 10.1. The number of hydrogen-bond acceptors (Lipinski definition) is 5. The van der Waals surface area contributed by atoms with E-state index in [1.165, 1.54) is 0 Å². The van der Waals surface area contributed by atoms with E-state index < -0.39 is 0 Å². The number of nitrogens with zero attached hydrogens (tertiary/aromatic N) is 1. The molecule has 0 atom stereocenters. The van der Waals surface area contributed by atoms with Crippen molar-refractivity contribution in [1.29, 1.82) is 0 Å². The summed E-state index contributed by atoms with van der Waals surface area (Å²) in [5.41, 5.74) is 3.24. The van der Waals surface area contributed by atoms with Crippen LogP contribution in [0.1, 0.15) is 21.6 Å². The van der Waals surface area contributed by atoms with Crippen molar-refractivity contribution in [2.75, 3.05) is 12.4 Å². The highest BCUT2D eigenvalue weighted by Crippen LogP contribution is 2.29. The van der Waals surface area contributed by atoms with Crippen LogP contribution in [0.15, 0.2) is 52.2 Å². The van der Waals surface area contributed by atoms with Crippen molar-refractivity contribution >= 4 is 46.3 Å². The van der Waals surface area contributed by atoms with Gasteiger partial charge in [0.05, 0.1) is 12.1 Å². The van der Waals surface area contributed by atoms with E-state index in [2.05, 4.69) is 10.3 Å². The molecular weight excluding hydrogens is 388 g/mol. The van der Waals surface area contributed by atoms with Crippen LogP contribution in [0.2, 0.25) is 5.02 Å². The molecule has 134 valence electrons. The molecule has 2 aromatic carbocycles. The first-order valence-corrected chi connectivity index (χ1v) is 10.1. The maximum absolute atomic E-state index is 12.7. The number of nitrogens with one attached hydrogen (secondary N) is 1. The number of carbonyl (C=O) groups is 1. The third kappa shape index (κ3) is 4.58. The molecule has 1 aromatic heterocycles. The lowest BCUT2D eigenvalue weighted by molar-refractivity contribution is 0.102. The van der Waals surface area contributed by atoms with Crippen LogP contribution in [0, 0.1) is 6.92 Å². The Kier molecular flexibility index (Phi) is 6.19. The van der Waals surface area contributed by atoms with Gasteiger partial charge in [-0.2, -0.15) is 0 Å². The van der Waals surface area contributed by atoms with E-state index in [1.54, 1.807) is 48.4 Å². The molecule has 0 aliphatic carbocycles. The molecule has 26 heavy (non-hydrogen) atoms. The van der Waals surface area contributed by atoms with Crippen LogP contribution in [0.25, 0.3) is 0 Å². The number of hydrogen-bond donors (Lipinski definition) is 1. The van der Waals surface area contributed by atoms with E-state index in [0.29, 0.717) is 27.8 Å². The Morgan fingerprint density at radius 1 is 1.31 bits per heavy atom. The highest BCUT2D eigenvalue weighted by atomic mass is 35.5. The number of ether oxygens (including phenoxy) is 1. The van der Waals surface area contributed by atoms with Gasteiger partial charge >= 0.3 is 0 Å². The van der Waals surface area contributed by atoms with Crippen molar-refractivity contribution in [3.63, 3.8) is 0 Å². The fourth-order valence-corrected chi connectivity index (χ4v) is 4.46. The number of carbonyl (C=O) groups excluding carboxylic acids is 1. The summed E-state index contributed by atoms with van der Waals surface area (Å²) in [6.45, 7) is 1.97. The average Bonchev–Trinajstić information content (AvgIpc) is 3.05. The van der Waals surface area contributed by atoms with E-state index >= 15 is 0 Å². The molecular formula is C19H17ClN2O2S2. The normalized spacial score (nSPS) is 10.6. The Labute approximate surface area is 165 Å². The molecule has 0 aliphatic rings. The van der Waals surface area contributed by atoms with Gasteiger partial charge in [0.2, 0.25) is 0 Å². The molecule has 1 amide bonds. The molecule has 0 radical (unpaired) electrons. The van der Waals surface area contributed by atoms with Crippen molar-refractivity contribution in [3.8, 4) is 5.75 Å². The fourth-order valence-electron chi connectivity index (χ4n) is 2.35. The molecule has 0 fully saturated rings. The van der Waals surface area contributed by atoms with Crippen molar-refractivity contribution in [1.82, 2.24) is 4.98 Å². The molecule has 4 nitrogen and oxygen atoms in total. The van der Waals surface area contributed by atoms with E-state index in [-0.39, 0.29) is 5.91 Å². The third-order valence-electron chi connectivity index (χ3n) is 3.62. The summed E-state index contributed by atoms with van der Waals surface area (Å²) < 4.78 is 6.13. The molecule has 0 saturated carbocycles. The van der Waals surface area contributed by atoms with E-state index in [0.717, 1.165) is 15.6 Å². The Balaban J connectivity index is 1.74. The molecule has 3 aromatic rings. The predicted octanol–water partition coefficient (Wildman–Crippen LogP) is 5.66. The molecule has 7 heteroatoms. The number of aromatic nitrogens is 1. The topological polar surface area (TPSA) is 51.2 Å². The minimum Gasteiger partial charge on any atom is -0.495 e. The van der Waals surface area contributed by atoms with Gasteiger partial charge in [-0.25, -0.2) is 4.98 Å². The molecule has 0 unspecified atom stereocenters.